The van der Waals surface area contributed by atoms with E-state index in [2.05, 4.69) is 4.74 Å². The van der Waals surface area contributed by atoms with Crippen molar-refractivity contribution >= 4 is 17.6 Å². The van der Waals surface area contributed by atoms with Crippen LogP contribution in [0.25, 0.3) is 0 Å². The molecule has 21 heavy (non-hydrogen) atoms. The SMILES string of the molecule is COC(=O)c1ccc(O)c(OCCOCCOCCCl)c1. The molecule has 0 aliphatic rings. The Kier molecular flexibility index (Phi) is 8.57. The highest BCUT2D eigenvalue weighted by atomic mass is 35.5. The van der Waals surface area contributed by atoms with Gasteiger partial charge in [-0.05, 0) is 18.2 Å². The first-order valence-electron chi connectivity index (χ1n) is 6.44. The van der Waals surface area contributed by atoms with Gasteiger partial charge < -0.3 is 24.1 Å². The molecule has 6 nitrogen and oxygen atoms in total. The third-order valence-corrected chi connectivity index (χ3v) is 2.61. The Morgan fingerprint density at radius 3 is 2.48 bits per heavy atom. The highest BCUT2D eigenvalue weighted by Crippen LogP contribution is 2.27. The Bertz CT molecular complexity index is 437. The third kappa shape index (κ3) is 6.66. The van der Waals surface area contributed by atoms with Crippen molar-refractivity contribution in [3.8, 4) is 11.5 Å². The summed E-state index contributed by atoms with van der Waals surface area (Å²) in [7, 11) is 1.29. The van der Waals surface area contributed by atoms with Gasteiger partial charge in [0.2, 0.25) is 0 Å². The molecule has 1 aromatic carbocycles. The molecule has 0 spiro atoms. The van der Waals surface area contributed by atoms with Crippen LogP contribution < -0.4 is 4.74 Å². The van der Waals surface area contributed by atoms with Gasteiger partial charge in [-0.15, -0.1) is 11.6 Å². The third-order valence-electron chi connectivity index (χ3n) is 2.46. The smallest absolute Gasteiger partial charge is 0.337 e. The Hall–Kier alpha value is -1.50. The molecule has 0 saturated heterocycles. The Morgan fingerprint density at radius 1 is 1.14 bits per heavy atom. The Labute approximate surface area is 128 Å². The number of alkyl halides is 1. The summed E-state index contributed by atoms with van der Waals surface area (Å²) in [5.41, 5.74) is 0.306. The number of hydrogen-bond donors (Lipinski definition) is 1. The highest BCUT2D eigenvalue weighted by molar-refractivity contribution is 6.17. The van der Waals surface area contributed by atoms with Crippen LogP contribution in [0.3, 0.4) is 0 Å². The summed E-state index contributed by atoms with van der Waals surface area (Å²) in [6, 6.07) is 4.26. The predicted molar refractivity (Wildman–Crippen MR) is 77.3 cm³/mol. The van der Waals surface area contributed by atoms with Crippen molar-refractivity contribution in [2.45, 2.75) is 0 Å². The first-order chi connectivity index (χ1) is 10.2. The number of benzene rings is 1. The second-order valence-corrected chi connectivity index (χ2v) is 4.31. The number of hydrogen-bond acceptors (Lipinski definition) is 6. The molecule has 0 radical (unpaired) electrons. The van der Waals surface area contributed by atoms with Crippen molar-refractivity contribution in [3.05, 3.63) is 23.8 Å². The average molecular weight is 319 g/mol. The van der Waals surface area contributed by atoms with E-state index in [4.69, 9.17) is 25.8 Å². The molecule has 0 atom stereocenters. The molecule has 0 aliphatic heterocycles. The molecule has 0 fully saturated rings. The van der Waals surface area contributed by atoms with Crippen molar-refractivity contribution < 1.29 is 28.8 Å². The fourth-order valence-electron chi connectivity index (χ4n) is 1.46. The number of methoxy groups -OCH3 is 1. The van der Waals surface area contributed by atoms with E-state index in [1.807, 2.05) is 0 Å². The lowest BCUT2D eigenvalue weighted by Gasteiger charge is -2.10. The van der Waals surface area contributed by atoms with Gasteiger partial charge >= 0.3 is 5.97 Å². The van der Waals surface area contributed by atoms with Gasteiger partial charge in [-0.2, -0.15) is 0 Å². The fraction of sp³-hybridized carbons (Fsp3) is 0.500. The maximum absolute atomic E-state index is 11.4. The van der Waals surface area contributed by atoms with Crippen LogP contribution in [0, 0.1) is 0 Å². The standard InChI is InChI=1S/C14H19ClO6/c1-18-14(17)11-2-3-12(16)13(10-11)21-9-8-20-7-6-19-5-4-15/h2-3,10,16H,4-9H2,1H3. The van der Waals surface area contributed by atoms with E-state index in [1.54, 1.807) is 0 Å². The van der Waals surface area contributed by atoms with Gasteiger partial charge in [0.15, 0.2) is 11.5 Å². The van der Waals surface area contributed by atoms with Gasteiger partial charge in [-0.1, -0.05) is 0 Å². The van der Waals surface area contributed by atoms with Crippen molar-refractivity contribution in [1.82, 2.24) is 0 Å². The Morgan fingerprint density at radius 2 is 1.81 bits per heavy atom. The molecule has 0 heterocycles. The van der Waals surface area contributed by atoms with Crippen LogP contribution in [0.1, 0.15) is 10.4 Å². The van der Waals surface area contributed by atoms with Crippen LogP contribution in [0.4, 0.5) is 0 Å². The number of ether oxygens (including phenoxy) is 4. The monoisotopic (exact) mass is 318 g/mol. The minimum Gasteiger partial charge on any atom is -0.504 e. The van der Waals surface area contributed by atoms with Crippen LogP contribution in [0.15, 0.2) is 18.2 Å². The van der Waals surface area contributed by atoms with Crippen LogP contribution in [0.5, 0.6) is 11.5 Å². The van der Waals surface area contributed by atoms with E-state index in [-0.39, 0.29) is 18.1 Å². The summed E-state index contributed by atoms with van der Waals surface area (Å²) >= 11 is 5.45. The molecular formula is C14H19ClO6. The number of carbonyl (C=O) groups is 1. The van der Waals surface area contributed by atoms with E-state index in [0.717, 1.165) is 0 Å². The average Bonchev–Trinajstić information content (AvgIpc) is 2.50. The van der Waals surface area contributed by atoms with Gasteiger partial charge in [0, 0.05) is 5.88 Å². The molecule has 0 aromatic heterocycles. The molecule has 7 heteroatoms. The largest absolute Gasteiger partial charge is 0.504 e. The zero-order valence-corrected chi connectivity index (χ0v) is 12.6. The molecule has 0 amide bonds. The van der Waals surface area contributed by atoms with Gasteiger partial charge in [0.05, 0.1) is 39.1 Å². The predicted octanol–water partition coefficient (Wildman–Crippen LogP) is 1.83. The van der Waals surface area contributed by atoms with Crippen molar-refractivity contribution in [3.63, 3.8) is 0 Å². The molecule has 1 N–H and O–H groups in total. The van der Waals surface area contributed by atoms with Crippen molar-refractivity contribution in [1.29, 1.82) is 0 Å². The van der Waals surface area contributed by atoms with Crippen LogP contribution in [0.2, 0.25) is 0 Å². The van der Waals surface area contributed by atoms with Crippen LogP contribution in [-0.4, -0.2) is 57.1 Å². The second kappa shape index (κ2) is 10.3. The number of halogens is 1. The molecule has 118 valence electrons. The highest BCUT2D eigenvalue weighted by Gasteiger charge is 2.10. The van der Waals surface area contributed by atoms with Gasteiger partial charge in [0.1, 0.15) is 6.61 Å². The summed E-state index contributed by atoms with van der Waals surface area (Å²) in [5, 5.41) is 9.64. The van der Waals surface area contributed by atoms with Crippen molar-refractivity contribution in [2.75, 3.05) is 46.0 Å². The van der Waals surface area contributed by atoms with E-state index in [0.29, 0.717) is 37.9 Å². The lowest BCUT2D eigenvalue weighted by molar-refractivity contribution is 0.0407. The number of aromatic hydroxyl groups is 1. The minimum atomic E-state index is -0.493. The zero-order valence-electron chi connectivity index (χ0n) is 11.8. The fourth-order valence-corrected chi connectivity index (χ4v) is 1.57. The van der Waals surface area contributed by atoms with Gasteiger partial charge in [0.25, 0.3) is 0 Å². The normalized spacial score (nSPS) is 10.4. The molecule has 0 bridgehead atoms. The summed E-state index contributed by atoms with van der Waals surface area (Å²) in [6.07, 6.45) is 0. The molecule has 1 aromatic rings. The number of phenols is 1. The number of rotatable bonds is 10. The van der Waals surface area contributed by atoms with Crippen molar-refractivity contribution in [2.24, 2.45) is 0 Å². The van der Waals surface area contributed by atoms with E-state index < -0.39 is 5.97 Å². The number of phenolic OH excluding ortho intramolecular Hbond substituents is 1. The molecular weight excluding hydrogens is 300 g/mol. The lowest BCUT2D eigenvalue weighted by atomic mass is 10.2. The van der Waals surface area contributed by atoms with E-state index in [9.17, 15) is 9.90 Å². The summed E-state index contributed by atoms with van der Waals surface area (Å²) in [6.45, 7) is 1.99. The van der Waals surface area contributed by atoms with Crippen LogP contribution in [-0.2, 0) is 14.2 Å². The van der Waals surface area contributed by atoms with E-state index in [1.165, 1.54) is 25.3 Å². The first-order valence-corrected chi connectivity index (χ1v) is 6.98. The number of carbonyl (C=O) groups excluding carboxylic acids is 1. The quantitative estimate of drug-likeness (QED) is 0.403. The molecule has 0 saturated carbocycles. The van der Waals surface area contributed by atoms with Gasteiger partial charge in [-0.25, -0.2) is 4.79 Å². The topological polar surface area (TPSA) is 74.2 Å². The minimum absolute atomic E-state index is 0.0481. The molecule has 0 unspecified atom stereocenters. The Balaban J connectivity index is 2.29. The maximum atomic E-state index is 11.4. The zero-order chi connectivity index (χ0) is 15.5. The number of esters is 1. The van der Waals surface area contributed by atoms with Crippen LogP contribution >= 0.6 is 11.6 Å². The lowest BCUT2D eigenvalue weighted by Crippen LogP contribution is -2.11. The summed E-state index contributed by atoms with van der Waals surface area (Å²) in [4.78, 5) is 11.4. The molecule has 0 aliphatic carbocycles. The van der Waals surface area contributed by atoms with E-state index >= 15 is 0 Å². The summed E-state index contributed by atoms with van der Waals surface area (Å²) < 4.78 is 20.4. The first kappa shape index (κ1) is 17.6. The van der Waals surface area contributed by atoms with Gasteiger partial charge in [-0.3, -0.25) is 0 Å². The second-order valence-electron chi connectivity index (χ2n) is 3.94. The molecule has 1 rings (SSSR count). The summed E-state index contributed by atoms with van der Waals surface area (Å²) in [5.74, 6) is 0.124. The maximum Gasteiger partial charge on any atom is 0.337 e.